The fourth-order valence-corrected chi connectivity index (χ4v) is 5.42. The van der Waals surface area contributed by atoms with Crippen molar-refractivity contribution in [3.05, 3.63) is 83.4 Å². The van der Waals surface area contributed by atoms with Crippen LogP contribution in [0.1, 0.15) is 18.4 Å². The van der Waals surface area contributed by atoms with Crippen LogP contribution in [0.5, 0.6) is 0 Å². The first kappa shape index (κ1) is 23.8. The van der Waals surface area contributed by atoms with Gasteiger partial charge in [0.05, 0.1) is 10.6 Å². The number of hydrogen-bond acceptors (Lipinski definition) is 4. The number of benzene rings is 3. The Labute approximate surface area is 204 Å². The Balaban J connectivity index is 1.60. The summed E-state index contributed by atoms with van der Waals surface area (Å²) in [5.74, 6) is -0.466. The van der Waals surface area contributed by atoms with E-state index in [9.17, 15) is 18.0 Å². The fraction of sp³-hybridized carbons (Fsp3) is 0.200. The molecule has 3 aromatic rings. The highest BCUT2D eigenvalue weighted by Crippen LogP contribution is 2.29. The van der Waals surface area contributed by atoms with Gasteiger partial charge in [0.25, 0.3) is 10.0 Å². The third kappa shape index (κ3) is 5.08. The van der Waals surface area contributed by atoms with Crippen LogP contribution in [0.2, 0.25) is 5.02 Å². The summed E-state index contributed by atoms with van der Waals surface area (Å²) < 4.78 is 27.8. The second-order valence-corrected chi connectivity index (χ2v) is 10.3. The molecule has 1 heterocycles. The molecule has 34 heavy (non-hydrogen) atoms. The molecule has 0 bridgehead atoms. The van der Waals surface area contributed by atoms with Crippen molar-refractivity contribution >= 4 is 50.5 Å². The van der Waals surface area contributed by atoms with E-state index >= 15 is 0 Å². The Morgan fingerprint density at radius 2 is 1.76 bits per heavy atom. The van der Waals surface area contributed by atoms with Crippen molar-refractivity contribution in [2.75, 3.05) is 27.6 Å². The van der Waals surface area contributed by atoms with Crippen LogP contribution in [0.4, 0.5) is 17.1 Å². The summed E-state index contributed by atoms with van der Waals surface area (Å²) >= 11 is 5.98. The number of rotatable bonds is 7. The Morgan fingerprint density at radius 1 is 1.06 bits per heavy atom. The molecule has 0 unspecified atom stereocenters. The second kappa shape index (κ2) is 9.87. The number of halogens is 1. The molecule has 1 fully saturated rings. The Morgan fingerprint density at radius 3 is 2.41 bits per heavy atom. The Bertz CT molecular complexity index is 1310. The first-order valence-corrected chi connectivity index (χ1v) is 12.6. The van der Waals surface area contributed by atoms with Crippen molar-refractivity contribution in [2.45, 2.75) is 24.7 Å². The summed E-state index contributed by atoms with van der Waals surface area (Å²) in [4.78, 5) is 27.0. The summed E-state index contributed by atoms with van der Waals surface area (Å²) in [6, 6.07) is 19.5. The van der Waals surface area contributed by atoms with Crippen LogP contribution in [-0.2, 0) is 19.6 Å². The molecule has 9 heteroatoms. The molecule has 4 rings (SSSR count). The number of nitrogens with zero attached hydrogens (tertiary/aromatic N) is 2. The van der Waals surface area contributed by atoms with Crippen molar-refractivity contribution in [1.29, 1.82) is 0 Å². The van der Waals surface area contributed by atoms with Crippen molar-refractivity contribution in [1.82, 2.24) is 0 Å². The molecular weight excluding hydrogens is 474 g/mol. The van der Waals surface area contributed by atoms with Crippen LogP contribution in [0.25, 0.3) is 0 Å². The smallest absolute Gasteiger partial charge is 0.264 e. The van der Waals surface area contributed by atoms with E-state index in [0.717, 1.165) is 22.0 Å². The number of carbonyl (C=O) groups excluding carboxylic acids is 2. The number of amides is 2. The molecule has 1 saturated heterocycles. The van der Waals surface area contributed by atoms with Gasteiger partial charge in [-0.05, 0) is 67.4 Å². The SMILES string of the molecule is Cc1ccc(NC(=O)CN(c2ccc(Cl)cc2)S(=O)(=O)c2ccccc2)cc1N1CCCC1=O. The Hall–Kier alpha value is -3.36. The quantitative estimate of drug-likeness (QED) is 0.516. The van der Waals surface area contributed by atoms with Gasteiger partial charge in [-0.25, -0.2) is 8.42 Å². The van der Waals surface area contributed by atoms with Crippen molar-refractivity contribution < 1.29 is 18.0 Å². The average molecular weight is 498 g/mol. The van der Waals surface area contributed by atoms with Crippen LogP contribution in [0, 0.1) is 6.92 Å². The van der Waals surface area contributed by atoms with Gasteiger partial charge in [0.2, 0.25) is 11.8 Å². The summed E-state index contributed by atoms with van der Waals surface area (Å²) in [6.45, 7) is 2.10. The van der Waals surface area contributed by atoms with Crippen LogP contribution < -0.4 is 14.5 Å². The molecule has 0 aliphatic carbocycles. The molecule has 7 nitrogen and oxygen atoms in total. The summed E-state index contributed by atoms with van der Waals surface area (Å²) in [7, 11) is -4.01. The minimum absolute atomic E-state index is 0.0504. The topological polar surface area (TPSA) is 86.8 Å². The molecular formula is C25H24ClN3O4S. The summed E-state index contributed by atoms with van der Waals surface area (Å²) in [6.07, 6.45) is 1.30. The molecule has 0 aromatic heterocycles. The van der Waals surface area contributed by atoms with E-state index in [2.05, 4.69) is 5.32 Å². The highest BCUT2D eigenvalue weighted by Gasteiger charge is 2.28. The third-order valence-corrected chi connectivity index (χ3v) is 7.63. The molecule has 0 saturated carbocycles. The number of anilines is 3. The highest BCUT2D eigenvalue weighted by atomic mass is 35.5. The molecule has 1 aliphatic rings. The molecule has 0 atom stereocenters. The van der Waals surface area contributed by atoms with Crippen LogP contribution in [0.15, 0.2) is 77.7 Å². The maximum absolute atomic E-state index is 13.4. The largest absolute Gasteiger partial charge is 0.324 e. The average Bonchev–Trinajstić information content (AvgIpc) is 3.25. The predicted octanol–water partition coefficient (Wildman–Crippen LogP) is 4.61. The van der Waals surface area contributed by atoms with E-state index < -0.39 is 22.5 Å². The number of sulfonamides is 1. The standard InChI is InChI=1S/C25H24ClN3O4S/c1-18-9-12-20(16-23(18)28-15-5-8-25(28)31)27-24(30)17-29(21-13-10-19(26)11-14-21)34(32,33)22-6-3-2-4-7-22/h2-4,6-7,9-14,16H,5,8,15,17H2,1H3,(H,27,30). The zero-order valence-electron chi connectivity index (χ0n) is 18.6. The van der Waals surface area contributed by atoms with Crippen LogP contribution in [0.3, 0.4) is 0 Å². The number of nitrogens with one attached hydrogen (secondary N) is 1. The molecule has 1 aliphatic heterocycles. The molecule has 1 N–H and O–H groups in total. The minimum atomic E-state index is -4.01. The molecule has 0 spiro atoms. The van der Waals surface area contributed by atoms with Gasteiger partial charge in [-0.3, -0.25) is 13.9 Å². The van der Waals surface area contributed by atoms with Gasteiger partial charge in [-0.1, -0.05) is 35.9 Å². The lowest BCUT2D eigenvalue weighted by Crippen LogP contribution is -2.38. The summed E-state index contributed by atoms with van der Waals surface area (Å²) in [5.41, 5.74) is 2.46. The van der Waals surface area contributed by atoms with E-state index in [4.69, 9.17) is 11.6 Å². The molecule has 2 amide bonds. The van der Waals surface area contributed by atoms with Crippen LogP contribution >= 0.6 is 11.6 Å². The zero-order chi connectivity index (χ0) is 24.3. The van der Waals surface area contributed by atoms with Gasteiger partial charge in [0.1, 0.15) is 6.54 Å². The predicted molar refractivity (Wildman–Crippen MR) is 134 cm³/mol. The fourth-order valence-electron chi connectivity index (χ4n) is 3.85. The van der Waals surface area contributed by atoms with E-state index in [-0.39, 0.29) is 10.8 Å². The minimum Gasteiger partial charge on any atom is -0.324 e. The molecule has 176 valence electrons. The zero-order valence-corrected chi connectivity index (χ0v) is 20.1. The third-order valence-electron chi connectivity index (χ3n) is 5.59. The van der Waals surface area contributed by atoms with Gasteiger partial charge in [-0.2, -0.15) is 0 Å². The second-order valence-electron chi connectivity index (χ2n) is 8.00. The lowest BCUT2D eigenvalue weighted by molar-refractivity contribution is -0.117. The normalized spacial score (nSPS) is 13.7. The Kier molecular flexibility index (Phi) is 6.90. The monoisotopic (exact) mass is 497 g/mol. The highest BCUT2D eigenvalue weighted by molar-refractivity contribution is 7.92. The van der Waals surface area contributed by atoms with Gasteiger partial charge >= 0.3 is 0 Å². The van der Waals surface area contributed by atoms with Gasteiger partial charge in [0, 0.05) is 29.4 Å². The van der Waals surface area contributed by atoms with Gasteiger partial charge in [0.15, 0.2) is 0 Å². The van der Waals surface area contributed by atoms with Crippen LogP contribution in [-0.4, -0.2) is 33.3 Å². The lowest BCUT2D eigenvalue weighted by Gasteiger charge is -2.24. The van der Waals surface area contributed by atoms with E-state index in [1.807, 2.05) is 13.0 Å². The summed E-state index contributed by atoms with van der Waals surface area (Å²) in [5, 5.41) is 3.23. The van der Waals surface area contributed by atoms with Crippen molar-refractivity contribution in [2.24, 2.45) is 0 Å². The van der Waals surface area contributed by atoms with E-state index in [1.165, 1.54) is 12.1 Å². The maximum Gasteiger partial charge on any atom is 0.264 e. The van der Waals surface area contributed by atoms with Crippen molar-refractivity contribution in [3.8, 4) is 0 Å². The van der Waals surface area contributed by atoms with Gasteiger partial charge in [-0.15, -0.1) is 0 Å². The van der Waals surface area contributed by atoms with E-state index in [1.54, 1.807) is 59.5 Å². The molecule has 0 radical (unpaired) electrons. The first-order chi connectivity index (χ1) is 16.3. The van der Waals surface area contributed by atoms with Crippen molar-refractivity contribution in [3.63, 3.8) is 0 Å². The number of hydrogen-bond donors (Lipinski definition) is 1. The maximum atomic E-state index is 13.4. The van der Waals surface area contributed by atoms with Gasteiger partial charge < -0.3 is 10.2 Å². The van der Waals surface area contributed by atoms with E-state index in [0.29, 0.717) is 29.4 Å². The lowest BCUT2D eigenvalue weighted by atomic mass is 10.1. The molecule has 3 aromatic carbocycles. The number of aryl methyl sites for hydroxylation is 1. The first-order valence-electron chi connectivity index (χ1n) is 10.8. The number of carbonyl (C=O) groups is 2.